The molecule has 0 amide bonds. The van der Waals surface area contributed by atoms with Gasteiger partial charge in [0.25, 0.3) is 0 Å². The van der Waals surface area contributed by atoms with Crippen LogP contribution in [0, 0.1) is 11.8 Å². The van der Waals surface area contributed by atoms with E-state index in [4.69, 9.17) is 10.3 Å². The fraction of sp³-hybridized carbons (Fsp3) is 1.00. The minimum atomic E-state index is -0.0345. The molecule has 0 bridgehead atoms. The SMILES string of the molecule is CCS[C@@H]1OC(CC)[C@@H](C)[C@H](C)C1N=[N+]=[N-]. The second-order valence-corrected chi connectivity index (χ2v) is 5.70. The fourth-order valence-corrected chi connectivity index (χ4v) is 3.31. The summed E-state index contributed by atoms with van der Waals surface area (Å²) >= 11 is 1.74. The van der Waals surface area contributed by atoms with Crippen LogP contribution in [-0.4, -0.2) is 23.3 Å². The maximum absolute atomic E-state index is 8.63. The number of ether oxygens (including phenoxy) is 1. The molecule has 0 radical (unpaired) electrons. The largest absolute Gasteiger partial charge is 0.364 e. The number of thioether (sulfide) groups is 1. The summed E-state index contributed by atoms with van der Waals surface area (Å²) in [5.41, 5.74) is 8.65. The van der Waals surface area contributed by atoms with Gasteiger partial charge < -0.3 is 4.74 Å². The normalized spacial score (nSPS) is 39.1. The summed E-state index contributed by atoms with van der Waals surface area (Å²) in [5, 5.41) is 3.92. The molecule has 5 heteroatoms. The highest BCUT2D eigenvalue weighted by Gasteiger charge is 2.40. The maximum atomic E-state index is 8.63. The smallest absolute Gasteiger partial charge is 0.112 e. The summed E-state index contributed by atoms with van der Waals surface area (Å²) in [6, 6.07) is -0.0345. The van der Waals surface area contributed by atoms with Gasteiger partial charge in [0.1, 0.15) is 5.44 Å². The van der Waals surface area contributed by atoms with Crippen LogP contribution in [0.25, 0.3) is 10.4 Å². The van der Waals surface area contributed by atoms with Gasteiger partial charge in [-0.25, -0.2) is 0 Å². The second kappa shape index (κ2) is 6.38. The average molecular weight is 243 g/mol. The number of nitrogens with zero attached hydrogens (tertiary/aromatic N) is 3. The van der Waals surface area contributed by atoms with E-state index in [0.29, 0.717) is 17.9 Å². The third-order valence-corrected chi connectivity index (χ3v) is 4.51. The first kappa shape index (κ1) is 13.7. The molecule has 0 spiro atoms. The van der Waals surface area contributed by atoms with Crippen LogP contribution >= 0.6 is 11.8 Å². The lowest BCUT2D eigenvalue weighted by Crippen LogP contribution is -2.46. The summed E-state index contributed by atoms with van der Waals surface area (Å²) in [6.07, 6.45) is 1.32. The quantitative estimate of drug-likeness (QED) is 0.428. The highest BCUT2D eigenvalue weighted by molar-refractivity contribution is 7.99. The van der Waals surface area contributed by atoms with Gasteiger partial charge in [-0.15, -0.1) is 11.8 Å². The third kappa shape index (κ3) is 2.84. The number of azide groups is 1. The van der Waals surface area contributed by atoms with Crippen molar-refractivity contribution < 1.29 is 4.74 Å². The van der Waals surface area contributed by atoms with E-state index >= 15 is 0 Å². The Morgan fingerprint density at radius 3 is 2.50 bits per heavy atom. The van der Waals surface area contributed by atoms with Crippen molar-refractivity contribution in [1.82, 2.24) is 0 Å². The molecule has 1 aliphatic rings. The maximum Gasteiger partial charge on any atom is 0.112 e. The van der Waals surface area contributed by atoms with Crippen molar-refractivity contribution in [3.63, 3.8) is 0 Å². The zero-order valence-corrected chi connectivity index (χ0v) is 11.3. The van der Waals surface area contributed by atoms with Crippen LogP contribution in [-0.2, 0) is 4.74 Å². The molecule has 1 rings (SSSR count). The van der Waals surface area contributed by atoms with E-state index in [-0.39, 0.29) is 11.5 Å². The molecule has 1 saturated heterocycles. The van der Waals surface area contributed by atoms with Gasteiger partial charge in [-0.3, -0.25) is 0 Å². The molecule has 0 N–H and O–H groups in total. The Balaban J connectivity index is 2.83. The Morgan fingerprint density at radius 1 is 1.31 bits per heavy atom. The van der Waals surface area contributed by atoms with E-state index in [2.05, 4.69) is 37.7 Å². The van der Waals surface area contributed by atoms with Gasteiger partial charge in [-0.05, 0) is 29.5 Å². The van der Waals surface area contributed by atoms with Crippen LogP contribution in [0.15, 0.2) is 5.11 Å². The van der Waals surface area contributed by atoms with E-state index < -0.39 is 0 Å². The molecule has 1 aliphatic heterocycles. The molecule has 5 atom stereocenters. The summed E-state index contributed by atoms with van der Waals surface area (Å²) < 4.78 is 6.02. The zero-order chi connectivity index (χ0) is 12.1. The summed E-state index contributed by atoms with van der Waals surface area (Å²) in [4.78, 5) is 2.96. The predicted molar refractivity (Wildman–Crippen MR) is 68.3 cm³/mol. The first-order valence-corrected chi connectivity index (χ1v) is 7.01. The predicted octanol–water partition coefficient (Wildman–Crippen LogP) is 3.83. The summed E-state index contributed by atoms with van der Waals surface area (Å²) in [6.45, 7) is 8.60. The fourth-order valence-electron chi connectivity index (χ4n) is 2.26. The molecule has 2 unspecified atom stereocenters. The lowest BCUT2D eigenvalue weighted by molar-refractivity contribution is -0.0752. The lowest BCUT2D eigenvalue weighted by atomic mass is 9.82. The van der Waals surface area contributed by atoms with Crippen molar-refractivity contribution in [2.45, 2.75) is 51.7 Å². The van der Waals surface area contributed by atoms with Crippen LogP contribution in [0.5, 0.6) is 0 Å². The third-order valence-electron chi connectivity index (χ3n) is 3.46. The molecule has 0 aromatic heterocycles. The van der Waals surface area contributed by atoms with E-state index in [1.807, 2.05) is 0 Å². The van der Waals surface area contributed by atoms with E-state index in [0.717, 1.165) is 12.2 Å². The average Bonchev–Trinajstić information content (AvgIpc) is 2.28. The Kier molecular flexibility index (Phi) is 5.46. The molecule has 1 heterocycles. The second-order valence-electron chi connectivity index (χ2n) is 4.32. The van der Waals surface area contributed by atoms with Gasteiger partial charge in [0.2, 0.25) is 0 Å². The minimum Gasteiger partial charge on any atom is -0.364 e. The van der Waals surface area contributed by atoms with Crippen molar-refractivity contribution in [1.29, 1.82) is 0 Å². The van der Waals surface area contributed by atoms with Crippen LogP contribution in [0.4, 0.5) is 0 Å². The molecule has 92 valence electrons. The van der Waals surface area contributed by atoms with Crippen molar-refractivity contribution in [3.05, 3.63) is 10.4 Å². The summed E-state index contributed by atoms with van der Waals surface area (Å²) in [7, 11) is 0. The number of hydrogen-bond acceptors (Lipinski definition) is 3. The lowest BCUT2D eigenvalue weighted by Gasteiger charge is -2.42. The van der Waals surface area contributed by atoms with Crippen LogP contribution in [0.2, 0.25) is 0 Å². The van der Waals surface area contributed by atoms with Crippen molar-refractivity contribution in [2.75, 3.05) is 5.75 Å². The van der Waals surface area contributed by atoms with E-state index in [1.54, 1.807) is 11.8 Å². The van der Waals surface area contributed by atoms with Crippen molar-refractivity contribution in [2.24, 2.45) is 17.0 Å². The van der Waals surface area contributed by atoms with Crippen molar-refractivity contribution in [3.8, 4) is 0 Å². The van der Waals surface area contributed by atoms with Gasteiger partial charge >= 0.3 is 0 Å². The Morgan fingerprint density at radius 2 is 2.00 bits per heavy atom. The molecular weight excluding hydrogens is 222 g/mol. The molecule has 0 aliphatic carbocycles. The topological polar surface area (TPSA) is 58.0 Å². The molecule has 16 heavy (non-hydrogen) atoms. The van der Waals surface area contributed by atoms with Gasteiger partial charge in [0.05, 0.1) is 12.1 Å². The highest BCUT2D eigenvalue weighted by Crippen LogP contribution is 2.38. The van der Waals surface area contributed by atoms with Crippen LogP contribution in [0.3, 0.4) is 0 Å². The standard InChI is InChI=1S/C11H21N3OS/c1-5-9-7(3)8(4)10(13-14-12)11(15-9)16-6-2/h7-11H,5-6H2,1-4H3/t7-,8-,9?,10?,11-/m0/s1. The van der Waals surface area contributed by atoms with Gasteiger partial charge in [-0.2, -0.15) is 0 Å². The molecular formula is C11H21N3OS. The van der Waals surface area contributed by atoms with Gasteiger partial charge in [0, 0.05) is 4.91 Å². The van der Waals surface area contributed by atoms with E-state index in [9.17, 15) is 0 Å². The monoisotopic (exact) mass is 243 g/mol. The molecule has 0 saturated carbocycles. The molecule has 0 aromatic carbocycles. The van der Waals surface area contributed by atoms with Crippen LogP contribution in [0.1, 0.15) is 34.1 Å². The Labute approximate surface area is 102 Å². The molecule has 0 aromatic rings. The van der Waals surface area contributed by atoms with Gasteiger partial charge in [-0.1, -0.05) is 32.8 Å². The minimum absolute atomic E-state index is 0.0250. The van der Waals surface area contributed by atoms with E-state index in [1.165, 1.54) is 0 Å². The first-order valence-electron chi connectivity index (χ1n) is 5.96. The van der Waals surface area contributed by atoms with Crippen molar-refractivity contribution >= 4 is 11.8 Å². The Bertz CT molecular complexity index is 268. The van der Waals surface area contributed by atoms with Gasteiger partial charge in [0.15, 0.2) is 0 Å². The number of hydrogen-bond donors (Lipinski definition) is 0. The first-order chi connectivity index (χ1) is 7.65. The number of rotatable bonds is 4. The zero-order valence-electron chi connectivity index (χ0n) is 10.5. The molecule has 1 fully saturated rings. The molecule has 4 nitrogen and oxygen atoms in total. The Hall–Kier alpha value is -0.380. The highest BCUT2D eigenvalue weighted by atomic mass is 32.2. The van der Waals surface area contributed by atoms with Crippen LogP contribution < -0.4 is 0 Å². The summed E-state index contributed by atoms with van der Waals surface area (Å²) in [5.74, 6) is 1.83.